The minimum absolute atomic E-state index is 0.162. The highest BCUT2D eigenvalue weighted by molar-refractivity contribution is 9.10. The maximum Gasteiger partial charge on any atom is 0.259 e. The third kappa shape index (κ3) is 3.01. The molecule has 0 amide bonds. The fourth-order valence-electron chi connectivity index (χ4n) is 4.00. The molecule has 0 spiro atoms. The molecule has 25 heavy (non-hydrogen) atoms. The average molecular weight is 409 g/mol. The smallest absolute Gasteiger partial charge is 0.259 e. The van der Waals surface area contributed by atoms with Crippen molar-refractivity contribution in [1.29, 1.82) is 0 Å². The zero-order valence-corrected chi connectivity index (χ0v) is 16.8. The molecule has 1 nitrogen and oxygen atoms in total. The molecule has 1 saturated heterocycles. The highest BCUT2D eigenvalue weighted by atomic mass is 79.9. The average Bonchev–Trinajstić information content (AvgIpc) is 3.02. The second kappa shape index (κ2) is 6.91. The van der Waals surface area contributed by atoms with Gasteiger partial charge in [0, 0.05) is 4.47 Å². The maximum atomic E-state index is 6.98. The second-order valence-corrected chi connectivity index (χ2v) is 11.5. The fraction of sp³-hybridized carbons (Fsp3) is 0.182. The van der Waals surface area contributed by atoms with E-state index in [1.807, 2.05) is 0 Å². The Kier molecular flexibility index (Phi) is 4.63. The Bertz CT molecular complexity index is 793. The predicted molar refractivity (Wildman–Crippen MR) is 110 cm³/mol. The molecule has 1 aliphatic heterocycles. The summed E-state index contributed by atoms with van der Waals surface area (Å²) in [5.74, 6) is 0. The van der Waals surface area contributed by atoms with Crippen molar-refractivity contribution in [1.82, 2.24) is 0 Å². The number of hydrogen-bond acceptors (Lipinski definition) is 1. The summed E-state index contributed by atoms with van der Waals surface area (Å²) in [5.41, 5.74) is 1.79. The van der Waals surface area contributed by atoms with Crippen LogP contribution in [0.4, 0.5) is 0 Å². The van der Waals surface area contributed by atoms with E-state index in [9.17, 15) is 0 Å². The standard InChI is InChI=1S/C22H21BrOSi/c1-17-16-22(18-12-14-19(23)15-13-18)24-25(17,20-8-4-2-5-9-20)21-10-6-3-7-11-21/h2-15,17,22H,16H2,1H3/t17-,22+/m0/s1. The molecule has 0 aliphatic carbocycles. The monoisotopic (exact) mass is 408 g/mol. The van der Waals surface area contributed by atoms with Gasteiger partial charge in [0.15, 0.2) is 0 Å². The Morgan fingerprint density at radius 2 is 1.32 bits per heavy atom. The van der Waals surface area contributed by atoms with Crippen molar-refractivity contribution in [3.8, 4) is 0 Å². The molecule has 1 fully saturated rings. The van der Waals surface area contributed by atoms with Crippen molar-refractivity contribution in [3.63, 3.8) is 0 Å². The maximum absolute atomic E-state index is 6.98. The van der Waals surface area contributed by atoms with Crippen LogP contribution >= 0.6 is 15.9 Å². The van der Waals surface area contributed by atoms with E-state index < -0.39 is 8.32 Å². The lowest BCUT2D eigenvalue weighted by Gasteiger charge is -2.31. The van der Waals surface area contributed by atoms with E-state index >= 15 is 0 Å². The van der Waals surface area contributed by atoms with Gasteiger partial charge < -0.3 is 4.43 Å². The van der Waals surface area contributed by atoms with E-state index in [1.165, 1.54) is 15.9 Å². The summed E-state index contributed by atoms with van der Waals surface area (Å²) >= 11 is 3.53. The lowest BCUT2D eigenvalue weighted by atomic mass is 10.1. The topological polar surface area (TPSA) is 9.23 Å². The van der Waals surface area contributed by atoms with Gasteiger partial charge >= 0.3 is 0 Å². The molecule has 1 aliphatic rings. The van der Waals surface area contributed by atoms with E-state index in [2.05, 4.69) is 108 Å². The van der Waals surface area contributed by atoms with E-state index in [4.69, 9.17) is 4.43 Å². The Hall–Kier alpha value is -1.68. The van der Waals surface area contributed by atoms with Crippen LogP contribution in [0.15, 0.2) is 89.4 Å². The summed E-state index contributed by atoms with van der Waals surface area (Å²) < 4.78 is 8.09. The highest BCUT2D eigenvalue weighted by Crippen LogP contribution is 2.44. The molecule has 2 atom stereocenters. The number of benzene rings is 3. The Balaban J connectivity index is 1.80. The Labute approximate surface area is 158 Å². The van der Waals surface area contributed by atoms with Gasteiger partial charge in [-0.05, 0) is 40.0 Å². The lowest BCUT2D eigenvalue weighted by Crippen LogP contribution is -2.60. The van der Waals surface area contributed by atoms with Crippen LogP contribution in [0.1, 0.15) is 25.0 Å². The molecule has 3 aromatic rings. The third-order valence-electron chi connectivity index (χ3n) is 5.24. The summed E-state index contributed by atoms with van der Waals surface area (Å²) in [5, 5.41) is 2.74. The molecule has 0 radical (unpaired) electrons. The molecule has 1 heterocycles. The highest BCUT2D eigenvalue weighted by Gasteiger charge is 2.52. The Morgan fingerprint density at radius 3 is 1.84 bits per heavy atom. The summed E-state index contributed by atoms with van der Waals surface area (Å²) in [7, 11) is -2.26. The van der Waals surface area contributed by atoms with Gasteiger partial charge in [-0.2, -0.15) is 0 Å². The zero-order chi connectivity index (χ0) is 17.3. The number of halogens is 1. The molecular weight excluding hydrogens is 388 g/mol. The lowest BCUT2D eigenvalue weighted by molar-refractivity contribution is 0.234. The van der Waals surface area contributed by atoms with Crippen LogP contribution < -0.4 is 10.4 Å². The molecule has 0 saturated carbocycles. The van der Waals surface area contributed by atoms with Crippen LogP contribution in [-0.4, -0.2) is 8.32 Å². The van der Waals surface area contributed by atoms with Crippen LogP contribution in [0, 0.1) is 0 Å². The van der Waals surface area contributed by atoms with Gasteiger partial charge in [-0.1, -0.05) is 95.7 Å². The minimum Gasteiger partial charge on any atom is -0.401 e. The first-order valence-electron chi connectivity index (χ1n) is 8.74. The van der Waals surface area contributed by atoms with Gasteiger partial charge in [0.2, 0.25) is 0 Å². The largest absolute Gasteiger partial charge is 0.401 e. The first-order chi connectivity index (χ1) is 12.2. The van der Waals surface area contributed by atoms with Crippen molar-refractivity contribution >= 4 is 34.6 Å². The van der Waals surface area contributed by atoms with E-state index in [0.29, 0.717) is 5.54 Å². The van der Waals surface area contributed by atoms with Crippen LogP contribution in [0.5, 0.6) is 0 Å². The van der Waals surface area contributed by atoms with Crippen LogP contribution in [0.2, 0.25) is 5.54 Å². The molecule has 3 aromatic carbocycles. The predicted octanol–water partition coefficient (Wildman–Crippen LogP) is 5.06. The first-order valence-corrected chi connectivity index (χ1v) is 11.5. The normalized spacial score (nSPS) is 22.0. The summed E-state index contributed by atoms with van der Waals surface area (Å²) in [4.78, 5) is 0. The summed E-state index contributed by atoms with van der Waals surface area (Å²) in [6, 6.07) is 30.3. The SMILES string of the molecule is C[C@H]1C[C@H](c2ccc(Br)cc2)O[Si]1(c1ccccc1)c1ccccc1. The van der Waals surface area contributed by atoms with Crippen LogP contribution in [0.3, 0.4) is 0 Å². The molecule has 4 rings (SSSR count). The van der Waals surface area contributed by atoms with Crippen LogP contribution in [-0.2, 0) is 4.43 Å². The third-order valence-corrected chi connectivity index (χ3v) is 10.4. The number of hydrogen-bond donors (Lipinski definition) is 0. The van der Waals surface area contributed by atoms with Crippen molar-refractivity contribution < 1.29 is 4.43 Å². The molecule has 0 bridgehead atoms. The van der Waals surface area contributed by atoms with Gasteiger partial charge in [-0.15, -0.1) is 0 Å². The van der Waals surface area contributed by atoms with E-state index in [1.54, 1.807) is 0 Å². The van der Waals surface area contributed by atoms with Gasteiger partial charge in [-0.3, -0.25) is 0 Å². The van der Waals surface area contributed by atoms with Crippen molar-refractivity contribution in [2.45, 2.75) is 25.0 Å². The van der Waals surface area contributed by atoms with Gasteiger partial charge in [0.25, 0.3) is 8.32 Å². The molecule has 0 aromatic heterocycles. The Morgan fingerprint density at radius 1 is 0.800 bits per heavy atom. The molecule has 126 valence electrons. The van der Waals surface area contributed by atoms with Crippen molar-refractivity contribution in [3.05, 3.63) is 95.0 Å². The number of rotatable bonds is 3. The summed E-state index contributed by atoms with van der Waals surface area (Å²) in [6.45, 7) is 2.37. The fourth-order valence-corrected chi connectivity index (χ4v) is 8.84. The second-order valence-electron chi connectivity index (χ2n) is 6.76. The zero-order valence-electron chi connectivity index (χ0n) is 14.2. The molecule has 3 heteroatoms. The van der Waals surface area contributed by atoms with Crippen molar-refractivity contribution in [2.24, 2.45) is 0 Å². The first kappa shape index (κ1) is 16.8. The van der Waals surface area contributed by atoms with Gasteiger partial charge in [0.1, 0.15) is 0 Å². The minimum atomic E-state index is -2.26. The molecule has 0 N–H and O–H groups in total. The van der Waals surface area contributed by atoms with E-state index in [-0.39, 0.29) is 6.10 Å². The van der Waals surface area contributed by atoms with Crippen molar-refractivity contribution in [2.75, 3.05) is 0 Å². The molecular formula is C22H21BrOSi. The van der Waals surface area contributed by atoms with Gasteiger partial charge in [-0.25, -0.2) is 0 Å². The van der Waals surface area contributed by atoms with E-state index in [0.717, 1.165) is 10.9 Å². The molecule has 0 unspecified atom stereocenters. The van der Waals surface area contributed by atoms with Crippen LogP contribution in [0.25, 0.3) is 0 Å². The quantitative estimate of drug-likeness (QED) is 0.550. The van der Waals surface area contributed by atoms with Gasteiger partial charge in [0.05, 0.1) is 6.10 Å². The summed E-state index contributed by atoms with van der Waals surface area (Å²) in [6.07, 6.45) is 1.23.